The Bertz CT molecular complexity index is 224. The summed E-state index contributed by atoms with van der Waals surface area (Å²) in [4.78, 5) is 0. The summed E-state index contributed by atoms with van der Waals surface area (Å²) in [5.74, 6) is 1.92. The van der Waals surface area contributed by atoms with Crippen molar-refractivity contribution in [1.82, 2.24) is 5.32 Å². The molecule has 0 aliphatic heterocycles. The van der Waals surface area contributed by atoms with Crippen molar-refractivity contribution in [3.63, 3.8) is 0 Å². The molecule has 0 amide bonds. The Balaban J connectivity index is 2.09. The molecule has 0 bridgehead atoms. The molecule has 3 unspecified atom stereocenters. The quantitative estimate of drug-likeness (QED) is 0.415. The van der Waals surface area contributed by atoms with E-state index in [2.05, 4.69) is 26.1 Å². The van der Waals surface area contributed by atoms with Gasteiger partial charge in [-0.15, -0.1) is 0 Å². The van der Waals surface area contributed by atoms with Crippen molar-refractivity contribution in [2.24, 2.45) is 11.8 Å². The molecule has 3 atom stereocenters. The molecule has 0 aromatic heterocycles. The highest BCUT2D eigenvalue weighted by molar-refractivity contribution is 4.83. The summed E-state index contributed by atoms with van der Waals surface area (Å²) in [6.45, 7) is 8.25. The lowest BCUT2D eigenvalue weighted by Crippen LogP contribution is -2.40. The van der Waals surface area contributed by atoms with E-state index in [4.69, 9.17) is 0 Å². The Morgan fingerprint density at radius 2 is 1.48 bits per heavy atom. The fourth-order valence-corrected chi connectivity index (χ4v) is 3.96. The van der Waals surface area contributed by atoms with E-state index >= 15 is 0 Å². The Morgan fingerprint density at radius 3 is 2.14 bits per heavy atom. The Kier molecular flexibility index (Phi) is 11.3. The van der Waals surface area contributed by atoms with Gasteiger partial charge in [0.2, 0.25) is 0 Å². The zero-order chi connectivity index (χ0) is 15.3. The highest BCUT2D eigenvalue weighted by atomic mass is 14.9. The van der Waals surface area contributed by atoms with Crippen molar-refractivity contribution in [2.45, 2.75) is 110 Å². The second-order valence-corrected chi connectivity index (χ2v) is 7.50. The SMILES string of the molecule is CCCCCCCCCCC1CC(C)CCC1NCCC. The molecule has 0 aromatic carbocycles. The van der Waals surface area contributed by atoms with Crippen molar-refractivity contribution in [1.29, 1.82) is 0 Å². The monoisotopic (exact) mass is 295 g/mol. The maximum atomic E-state index is 3.82. The summed E-state index contributed by atoms with van der Waals surface area (Å²) in [7, 11) is 0. The van der Waals surface area contributed by atoms with Crippen molar-refractivity contribution < 1.29 is 0 Å². The van der Waals surface area contributed by atoms with E-state index in [9.17, 15) is 0 Å². The van der Waals surface area contributed by atoms with Gasteiger partial charge in [-0.25, -0.2) is 0 Å². The molecule has 0 saturated heterocycles. The predicted molar refractivity (Wildman–Crippen MR) is 95.8 cm³/mol. The molecule has 0 aromatic rings. The zero-order valence-electron chi connectivity index (χ0n) is 15.1. The van der Waals surface area contributed by atoms with Crippen LogP contribution in [0.15, 0.2) is 0 Å². The van der Waals surface area contributed by atoms with Gasteiger partial charge in [-0.05, 0) is 50.5 Å². The van der Waals surface area contributed by atoms with Gasteiger partial charge in [0.1, 0.15) is 0 Å². The van der Waals surface area contributed by atoms with Gasteiger partial charge in [0, 0.05) is 6.04 Å². The number of hydrogen-bond acceptors (Lipinski definition) is 1. The fraction of sp³-hybridized carbons (Fsp3) is 1.00. The van der Waals surface area contributed by atoms with E-state index in [0.717, 1.165) is 17.9 Å². The average molecular weight is 296 g/mol. The van der Waals surface area contributed by atoms with Gasteiger partial charge in [-0.3, -0.25) is 0 Å². The van der Waals surface area contributed by atoms with Crippen LogP contribution in [0.5, 0.6) is 0 Å². The van der Waals surface area contributed by atoms with Gasteiger partial charge in [-0.2, -0.15) is 0 Å². The minimum Gasteiger partial charge on any atom is -0.314 e. The molecule has 0 spiro atoms. The second-order valence-electron chi connectivity index (χ2n) is 7.50. The topological polar surface area (TPSA) is 12.0 Å². The number of hydrogen-bond donors (Lipinski definition) is 1. The molecule has 126 valence electrons. The summed E-state index contributed by atoms with van der Waals surface area (Å²) < 4.78 is 0. The van der Waals surface area contributed by atoms with Crippen LogP contribution in [0.25, 0.3) is 0 Å². The van der Waals surface area contributed by atoms with Crippen LogP contribution in [0, 0.1) is 11.8 Å². The van der Waals surface area contributed by atoms with Crippen LogP contribution >= 0.6 is 0 Å². The first-order valence-corrected chi connectivity index (χ1v) is 10.0. The van der Waals surface area contributed by atoms with E-state index in [1.165, 1.54) is 90.0 Å². The average Bonchev–Trinajstić information content (AvgIpc) is 2.49. The van der Waals surface area contributed by atoms with Gasteiger partial charge >= 0.3 is 0 Å². The Morgan fingerprint density at radius 1 is 0.810 bits per heavy atom. The Hall–Kier alpha value is -0.0400. The third-order valence-corrected chi connectivity index (χ3v) is 5.33. The smallest absolute Gasteiger partial charge is 0.00955 e. The van der Waals surface area contributed by atoms with Crippen molar-refractivity contribution in [3.8, 4) is 0 Å². The van der Waals surface area contributed by atoms with Gasteiger partial charge < -0.3 is 5.32 Å². The molecule has 1 heteroatoms. The van der Waals surface area contributed by atoms with E-state index in [0.29, 0.717) is 0 Å². The lowest BCUT2D eigenvalue weighted by atomic mass is 9.76. The fourth-order valence-electron chi connectivity index (χ4n) is 3.96. The van der Waals surface area contributed by atoms with E-state index in [1.54, 1.807) is 0 Å². The molecule has 1 fully saturated rings. The summed E-state index contributed by atoms with van der Waals surface area (Å²) in [5, 5.41) is 3.82. The normalized spacial score (nSPS) is 26.1. The van der Waals surface area contributed by atoms with Crippen LogP contribution in [0.1, 0.15) is 104 Å². The third kappa shape index (κ3) is 8.86. The lowest BCUT2D eigenvalue weighted by Gasteiger charge is -2.35. The highest BCUT2D eigenvalue weighted by Crippen LogP contribution is 2.32. The zero-order valence-corrected chi connectivity index (χ0v) is 15.1. The third-order valence-electron chi connectivity index (χ3n) is 5.33. The molecule has 1 aliphatic rings. The first kappa shape index (κ1) is 19.0. The van der Waals surface area contributed by atoms with Gasteiger partial charge in [-0.1, -0.05) is 72.1 Å². The van der Waals surface area contributed by atoms with Crippen LogP contribution in [0.2, 0.25) is 0 Å². The van der Waals surface area contributed by atoms with Crippen LogP contribution < -0.4 is 5.32 Å². The molecule has 1 nitrogen and oxygen atoms in total. The minimum absolute atomic E-state index is 0.825. The molecule has 1 N–H and O–H groups in total. The summed E-state index contributed by atoms with van der Waals surface area (Å²) in [6, 6.07) is 0.825. The maximum absolute atomic E-state index is 3.82. The first-order valence-electron chi connectivity index (χ1n) is 10.0. The highest BCUT2D eigenvalue weighted by Gasteiger charge is 2.27. The number of rotatable bonds is 12. The van der Waals surface area contributed by atoms with Crippen molar-refractivity contribution >= 4 is 0 Å². The Labute approximate surface area is 134 Å². The van der Waals surface area contributed by atoms with Crippen LogP contribution in [-0.2, 0) is 0 Å². The van der Waals surface area contributed by atoms with Gasteiger partial charge in [0.05, 0.1) is 0 Å². The van der Waals surface area contributed by atoms with Crippen LogP contribution in [0.4, 0.5) is 0 Å². The standard InChI is InChI=1S/C20H41N/c1-4-6-7-8-9-10-11-12-13-19-17-18(3)14-15-20(19)21-16-5-2/h18-21H,4-17H2,1-3H3. The van der Waals surface area contributed by atoms with Crippen molar-refractivity contribution in [2.75, 3.05) is 6.54 Å². The largest absolute Gasteiger partial charge is 0.314 e. The summed E-state index contributed by atoms with van der Waals surface area (Å²) in [6.07, 6.45) is 18.7. The second kappa shape index (κ2) is 12.5. The van der Waals surface area contributed by atoms with Gasteiger partial charge in [0.25, 0.3) is 0 Å². The van der Waals surface area contributed by atoms with E-state index in [1.807, 2.05) is 0 Å². The van der Waals surface area contributed by atoms with Crippen LogP contribution in [-0.4, -0.2) is 12.6 Å². The lowest BCUT2D eigenvalue weighted by molar-refractivity contribution is 0.199. The molecule has 1 saturated carbocycles. The molecular formula is C20H41N. The summed E-state index contributed by atoms with van der Waals surface area (Å²) in [5.41, 5.74) is 0. The maximum Gasteiger partial charge on any atom is 0.00955 e. The van der Waals surface area contributed by atoms with Gasteiger partial charge in [0.15, 0.2) is 0 Å². The molecule has 0 radical (unpaired) electrons. The van der Waals surface area contributed by atoms with Crippen molar-refractivity contribution in [3.05, 3.63) is 0 Å². The number of unbranched alkanes of at least 4 members (excludes halogenated alkanes) is 7. The molecular weight excluding hydrogens is 254 g/mol. The summed E-state index contributed by atoms with van der Waals surface area (Å²) >= 11 is 0. The predicted octanol–water partition coefficient (Wildman–Crippen LogP) is 6.32. The molecule has 1 rings (SSSR count). The molecule has 21 heavy (non-hydrogen) atoms. The number of nitrogens with one attached hydrogen (secondary N) is 1. The van der Waals surface area contributed by atoms with Crippen LogP contribution in [0.3, 0.4) is 0 Å². The minimum atomic E-state index is 0.825. The van der Waals surface area contributed by atoms with E-state index < -0.39 is 0 Å². The molecule has 1 aliphatic carbocycles. The molecule has 0 heterocycles. The van der Waals surface area contributed by atoms with E-state index in [-0.39, 0.29) is 0 Å². The first-order chi connectivity index (χ1) is 10.3.